The smallest absolute Gasteiger partial charge is 0.219 e. The van der Waals surface area contributed by atoms with E-state index in [-0.39, 0.29) is 11.8 Å². The number of hydrogen-bond donors (Lipinski definition) is 1. The van der Waals surface area contributed by atoms with E-state index in [4.69, 9.17) is 0 Å². The second kappa shape index (κ2) is 7.35. The number of rotatable bonds is 6. The highest BCUT2D eigenvalue weighted by molar-refractivity contribution is 5.75. The zero-order valence-corrected chi connectivity index (χ0v) is 9.30. The molecule has 4 heteroatoms. The monoisotopic (exact) mass is 200 g/mol. The van der Waals surface area contributed by atoms with Gasteiger partial charge in [-0.2, -0.15) is 0 Å². The number of hydrogen-bond acceptors (Lipinski definition) is 2. The zero-order chi connectivity index (χ0) is 11.0. The molecule has 2 amide bonds. The molecule has 0 bridgehead atoms. The van der Waals surface area contributed by atoms with Gasteiger partial charge in [-0.15, -0.1) is 0 Å². The van der Waals surface area contributed by atoms with Crippen LogP contribution in [0.5, 0.6) is 0 Å². The first kappa shape index (κ1) is 12.9. The molecular weight excluding hydrogens is 180 g/mol. The van der Waals surface area contributed by atoms with Gasteiger partial charge in [-0.3, -0.25) is 9.59 Å². The Labute approximate surface area is 85.7 Å². The van der Waals surface area contributed by atoms with Gasteiger partial charge in [0.15, 0.2) is 0 Å². The van der Waals surface area contributed by atoms with Crippen molar-refractivity contribution in [3.05, 3.63) is 0 Å². The molecule has 4 nitrogen and oxygen atoms in total. The minimum Gasteiger partial charge on any atom is -0.354 e. The van der Waals surface area contributed by atoms with Gasteiger partial charge in [0, 0.05) is 33.0 Å². The first-order valence-corrected chi connectivity index (χ1v) is 5.14. The Kier molecular flexibility index (Phi) is 6.80. The quantitative estimate of drug-likeness (QED) is 0.688. The predicted molar refractivity (Wildman–Crippen MR) is 55.8 cm³/mol. The molecule has 0 spiro atoms. The Bertz CT molecular complexity index is 193. The molecule has 0 radical (unpaired) electrons. The summed E-state index contributed by atoms with van der Waals surface area (Å²) >= 11 is 0. The molecule has 0 atom stereocenters. The van der Waals surface area contributed by atoms with Crippen molar-refractivity contribution in [1.29, 1.82) is 0 Å². The fraction of sp³-hybridized carbons (Fsp3) is 0.800. The summed E-state index contributed by atoms with van der Waals surface area (Å²) < 4.78 is 0. The molecule has 0 aromatic carbocycles. The van der Waals surface area contributed by atoms with Gasteiger partial charge in [-0.1, -0.05) is 13.8 Å². The normalized spacial score (nSPS) is 9.64. The molecule has 0 aliphatic rings. The topological polar surface area (TPSA) is 49.4 Å². The van der Waals surface area contributed by atoms with Gasteiger partial charge < -0.3 is 10.2 Å². The highest BCUT2D eigenvalue weighted by Gasteiger charge is 2.06. The summed E-state index contributed by atoms with van der Waals surface area (Å²) in [6.45, 7) is 7.31. The number of carbonyl (C=O) groups is 2. The molecule has 0 unspecified atom stereocenters. The van der Waals surface area contributed by atoms with Crippen molar-refractivity contribution < 1.29 is 9.59 Å². The molecule has 0 rings (SSSR count). The number of carbonyl (C=O) groups excluding carboxylic acids is 2. The van der Waals surface area contributed by atoms with Crippen LogP contribution in [-0.2, 0) is 9.59 Å². The van der Waals surface area contributed by atoms with Crippen LogP contribution in [-0.4, -0.2) is 36.3 Å². The maximum atomic E-state index is 11.1. The average molecular weight is 200 g/mol. The van der Waals surface area contributed by atoms with E-state index in [9.17, 15) is 9.59 Å². The van der Waals surface area contributed by atoms with E-state index in [1.807, 2.05) is 13.8 Å². The van der Waals surface area contributed by atoms with Gasteiger partial charge in [-0.05, 0) is 6.42 Å². The van der Waals surface area contributed by atoms with Crippen molar-refractivity contribution in [2.45, 2.75) is 33.6 Å². The van der Waals surface area contributed by atoms with Gasteiger partial charge in [0.2, 0.25) is 11.8 Å². The van der Waals surface area contributed by atoms with Crippen LogP contribution in [0.2, 0.25) is 0 Å². The van der Waals surface area contributed by atoms with E-state index < -0.39 is 0 Å². The Balaban J connectivity index is 3.71. The van der Waals surface area contributed by atoms with Crippen LogP contribution in [0.1, 0.15) is 33.6 Å². The summed E-state index contributed by atoms with van der Waals surface area (Å²) in [6, 6.07) is 0. The lowest BCUT2D eigenvalue weighted by atomic mass is 10.4. The number of nitrogens with one attached hydrogen (secondary N) is 1. The fourth-order valence-corrected chi connectivity index (χ4v) is 1.15. The summed E-state index contributed by atoms with van der Waals surface area (Å²) in [5.74, 6) is 0.0996. The molecule has 0 saturated carbocycles. The van der Waals surface area contributed by atoms with Gasteiger partial charge in [-0.25, -0.2) is 0 Å². The van der Waals surface area contributed by atoms with Crippen molar-refractivity contribution in [1.82, 2.24) is 10.2 Å². The van der Waals surface area contributed by atoms with E-state index in [0.717, 1.165) is 13.0 Å². The molecule has 0 saturated heterocycles. The van der Waals surface area contributed by atoms with Crippen LogP contribution in [0.15, 0.2) is 0 Å². The Hall–Kier alpha value is -1.06. The predicted octanol–water partition coefficient (Wildman–Crippen LogP) is 0.771. The highest BCUT2D eigenvalue weighted by atomic mass is 16.2. The van der Waals surface area contributed by atoms with E-state index in [0.29, 0.717) is 19.5 Å². The molecule has 82 valence electrons. The van der Waals surface area contributed by atoms with Crippen LogP contribution in [0, 0.1) is 0 Å². The van der Waals surface area contributed by atoms with Crippen molar-refractivity contribution >= 4 is 11.8 Å². The average Bonchev–Trinajstić information content (AvgIpc) is 2.16. The van der Waals surface area contributed by atoms with E-state index in [2.05, 4.69) is 5.32 Å². The minimum absolute atomic E-state index is 0.0324. The maximum Gasteiger partial charge on any atom is 0.219 e. The number of nitrogens with zero attached hydrogens (tertiary/aromatic N) is 1. The standard InChI is InChI=1S/C10H20N2O2/c1-4-7-12(9(3)13)8-6-11-10(14)5-2/h4-8H2,1-3H3,(H,11,14). The third-order valence-electron chi connectivity index (χ3n) is 1.96. The van der Waals surface area contributed by atoms with Crippen molar-refractivity contribution in [2.24, 2.45) is 0 Å². The van der Waals surface area contributed by atoms with Gasteiger partial charge in [0.25, 0.3) is 0 Å². The van der Waals surface area contributed by atoms with Gasteiger partial charge in [0.1, 0.15) is 0 Å². The van der Waals surface area contributed by atoms with E-state index in [1.165, 1.54) is 0 Å². The molecule has 0 aliphatic carbocycles. The summed E-state index contributed by atoms with van der Waals surface area (Å²) in [5.41, 5.74) is 0. The fourth-order valence-electron chi connectivity index (χ4n) is 1.15. The van der Waals surface area contributed by atoms with Crippen LogP contribution >= 0.6 is 0 Å². The van der Waals surface area contributed by atoms with Crippen LogP contribution in [0.4, 0.5) is 0 Å². The third kappa shape index (κ3) is 5.56. The summed E-state index contributed by atoms with van der Waals surface area (Å²) in [4.78, 5) is 23.7. The first-order chi connectivity index (χ1) is 6.61. The molecule has 0 aliphatic heterocycles. The maximum absolute atomic E-state index is 11.1. The molecule has 14 heavy (non-hydrogen) atoms. The second-order valence-corrected chi connectivity index (χ2v) is 3.21. The lowest BCUT2D eigenvalue weighted by molar-refractivity contribution is -0.129. The largest absolute Gasteiger partial charge is 0.354 e. The second-order valence-electron chi connectivity index (χ2n) is 3.21. The van der Waals surface area contributed by atoms with Crippen LogP contribution < -0.4 is 5.32 Å². The highest BCUT2D eigenvalue weighted by Crippen LogP contribution is 1.91. The van der Waals surface area contributed by atoms with E-state index >= 15 is 0 Å². The lowest BCUT2D eigenvalue weighted by Gasteiger charge is -2.20. The van der Waals surface area contributed by atoms with Crippen LogP contribution in [0.25, 0.3) is 0 Å². The van der Waals surface area contributed by atoms with Crippen LogP contribution in [0.3, 0.4) is 0 Å². The van der Waals surface area contributed by atoms with E-state index in [1.54, 1.807) is 11.8 Å². The first-order valence-electron chi connectivity index (χ1n) is 5.14. The molecule has 0 aromatic heterocycles. The van der Waals surface area contributed by atoms with Crippen molar-refractivity contribution in [3.8, 4) is 0 Å². The van der Waals surface area contributed by atoms with Crippen molar-refractivity contribution in [2.75, 3.05) is 19.6 Å². The van der Waals surface area contributed by atoms with Gasteiger partial charge in [0.05, 0.1) is 0 Å². The molecular formula is C10H20N2O2. The summed E-state index contributed by atoms with van der Waals surface area (Å²) in [5, 5.41) is 2.74. The number of amides is 2. The Morgan fingerprint density at radius 3 is 2.29 bits per heavy atom. The molecule has 0 heterocycles. The Morgan fingerprint density at radius 2 is 1.86 bits per heavy atom. The lowest BCUT2D eigenvalue weighted by Crippen LogP contribution is -2.37. The molecule has 0 fully saturated rings. The minimum atomic E-state index is 0.0324. The van der Waals surface area contributed by atoms with Crippen molar-refractivity contribution in [3.63, 3.8) is 0 Å². The summed E-state index contributed by atoms with van der Waals surface area (Å²) in [6.07, 6.45) is 1.44. The molecule has 1 N–H and O–H groups in total. The third-order valence-corrected chi connectivity index (χ3v) is 1.96. The van der Waals surface area contributed by atoms with Gasteiger partial charge >= 0.3 is 0 Å². The zero-order valence-electron chi connectivity index (χ0n) is 9.30. The Morgan fingerprint density at radius 1 is 1.21 bits per heavy atom. The SMILES string of the molecule is CCCN(CCNC(=O)CC)C(C)=O. The molecule has 0 aromatic rings. The summed E-state index contributed by atoms with van der Waals surface area (Å²) in [7, 11) is 0.